The van der Waals surface area contributed by atoms with Crippen molar-refractivity contribution in [1.82, 2.24) is 0 Å². The molecular weight excluding hydrogens is 324 g/mol. The maximum absolute atomic E-state index is 12.1. The van der Waals surface area contributed by atoms with Gasteiger partial charge in [-0.25, -0.2) is 4.79 Å². The van der Waals surface area contributed by atoms with E-state index in [9.17, 15) is 9.59 Å². The number of carboxylic acids is 1. The number of carbonyl (C=O) groups is 2. The lowest BCUT2D eigenvalue weighted by Gasteiger charge is -2.10. The number of carboxylic acid groups (broad SMARTS) is 1. The van der Waals surface area contributed by atoms with Crippen molar-refractivity contribution in [2.45, 2.75) is 0 Å². The summed E-state index contributed by atoms with van der Waals surface area (Å²) < 4.78 is 0.762. The van der Waals surface area contributed by atoms with E-state index in [4.69, 9.17) is 10.8 Å². The molecule has 0 fully saturated rings. The maximum Gasteiger partial charge on any atom is 0.337 e. The van der Waals surface area contributed by atoms with E-state index in [1.807, 2.05) is 0 Å². The van der Waals surface area contributed by atoms with Gasteiger partial charge in [-0.2, -0.15) is 0 Å². The van der Waals surface area contributed by atoms with Gasteiger partial charge >= 0.3 is 5.97 Å². The minimum absolute atomic E-state index is 0.0246. The van der Waals surface area contributed by atoms with Crippen molar-refractivity contribution in [2.75, 3.05) is 11.1 Å². The standard InChI is InChI=1S/C14H11BrN2O3/c15-8-5-6-9(11(16)7-8)13(18)17-12-4-2-1-3-10(12)14(19)20/h1-7H,16H2,(H,17,18)(H,19,20). The molecule has 0 radical (unpaired) electrons. The van der Waals surface area contributed by atoms with Gasteiger partial charge in [0.25, 0.3) is 5.91 Å². The summed E-state index contributed by atoms with van der Waals surface area (Å²) in [5.41, 5.74) is 6.62. The summed E-state index contributed by atoms with van der Waals surface area (Å²) in [5, 5.41) is 11.6. The Kier molecular flexibility index (Phi) is 4.05. The van der Waals surface area contributed by atoms with Crippen molar-refractivity contribution in [1.29, 1.82) is 0 Å². The van der Waals surface area contributed by atoms with Gasteiger partial charge in [-0.1, -0.05) is 28.1 Å². The van der Waals surface area contributed by atoms with Crippen LogP contribution in [0.4, 0.5) is 11.4 Å². The summed E-state index contributed by atoms with van der Waals surface area (Å²) in [7, 11) is 0. The molecule has 0 aromatic heterocycles. The van der Waals surface area contributed by atoms with E-state index in [2.05, 4.69) is 21.2 Å². The summed E-state index contributed by atoms with van der Waals surface area (Å²) in [5.74, 6) is -1.56. The first-order valence-corrected chi connectivity index (χ1v) is 6.47. The Morgan fingerprint density at radius 2 is 1.80 bits per heavy atom. The number of carbonyl (C=O) groups excluding carboxylic acids is 1. The highest BCUT2D eigenvalue weighted by atomic mass is 79.9. The molecule has 5 nitrogen and oxygen atoms in total. The van der Waals surface area contributed by atoms with Crippen molar-refractivity contribution < 1.29 is 14.7 Å². The topological polar surface area (TPSA) is 92.4 Å². The zero-order chi connectivity index (χ0) is 14.7. The first-order chi connectivity index (χ1) is 9.49. The number of halogens is 1. The molecule has 2 rings (SSSR count). The summed E-state index contributed by atoms with van der Waals surface area (Å²) in [4.78, 5) is 23.2. The molecule has 1 amide bonds. The Morgan fingerprint density at radius 1 is 1.10 bits per heavy atom. The molecule has 2 aromatic carbocycles. The Morgan fingerprint density at radius 3 is 2.45 bits per heavy atom. The van der Waals surface area contributed by atoms with Crippen LogP contribution in [-0.2, 0) is 0 Å². The second-order valence-electron chi connectivity index (χ2n) is 4.04. The minimum atomic E-state index is -1.11. The van der Waals surface area contributed by atoms with E-state index in [1.54, 1.807) is 30.3 Å². The largest absolute Gasteiger partial charge is 0.478 e. The third-order valence-electron chi connectivity index (χ3n) is 2.66. The number of hydrogen-bond acceptors (Lipinski definition) is 3. The molecule has 0 atom stereocenters. The van der Waals surface area contributed by atoms with E-state index in [0.29, 0.717) is 5.69 Å². The van der Waals surface area contributed by atoms with Crippen LogP contribution in [0.15, 0.2) is 46.9 Å². The van der Waals surface area contributed by atoms with Gasteiger partial charge in [0.15, 0.2) is 0 Å². The first-order valence-electron chi connectivity index (χ1n) is 5.67. The SMILES string of the molecule is Nc1cc(Br)ccc1C(=O)Nc1ccccc1C(=O)O. The number of para-hydroxylation sites is 1. The van der Waals surface area contributed by atoms with Crippen molar-refractivity contribution in [3.63, 3.8) is 0 Å². The number of nitrogen functional groups attached to an aromatic ring is 1. The van der Waals surface area contributed by atoms with E-state index in [1.165, 1.54) is 12.1 Å². The molecular formula is C14H11BrN2O3. The molecule has 0 bridgehead atoms. The number of rotatable bonds is 3. The number of nitrogens with two attached hydrogens (primary N) is 1. The second-order valence-corrected chi connectivity index (χ2v) is 4.95. The van der Waals surface area contributed by atoms with Crippen LogP contribution < -0.4 is 11.1 Å². The van der Waals surface area contributed by atoms with E-state index in [0.717, 1.165) is 4.47 Å². The van der Waals surface area contributed by atoms with Gasteiger partial charge in [-0.3, -0.25) is 4.79 Å². The first kappa shape index (κ1) is 14.1. The van der Waals surface area contributed by atoms with E-state index < -0.39 is 11.9 Å². The molecule has 0 heterocycles. The second kappa shape index (κ2) is 5.75. The zero-order valence-corrected chi connectivity index (χ0v) is 11.8. The lowest BCUT2D eigenvalue weighted by atomic mass is 10.1. The van der Waals surface area contributed by atoms with Gasteiger partial charge in [0.2, 0.25) is 0 Å². The third-order valence-corrected chi connectivity index (χ3v) is 3.16. The molecule has 0 saturated heterocycles. The van der Waals surface area contributed by atoms with E-state index in [-0.39, 0.29) is 16.8 Å². The smallest absolute Gasteiger partial charge is 0.337 e. The molecule has 4 N–H and O–H groups in total. The summed E-state index contributed by atoms with van der Waals surface area (Å²) in [6.45, 7) is 0. The molecule has 6 heteroatoms. The number of aromatic carboxylic acids is 1. The predicted molar refractivity (Wildman–Crippen MR) is 79.9 cm³/mol. The van der Waals surface area contributed by atoms with Crippen LogP contribution in [-0.4, -0.2) is 17.0 Å². The van der Waals surface area contributed by atoms with Crippen molar-refractivity contribution in [3.8, 4) is 0 Å². The Labute approximate surface area is 123 Å². The lowest BCUT2D eigenvalue weighted by Crippen LogP contribution is -2.16. The van der Waals surface area contributed by atoms with Crippen LogP contribution in [0.1, 0.15) is 20.7 Å². The highest BCUT2D eigenvalue weighted by Gasteiger charge is 2.14. The van der Waals surface area contributed by atoms with Crippen LogP contribution in [0.3, 0.4) is 0 Å². The number of amides is 1. The van der Waals surface area contributed by atoms with Gasteiger partial charge in [0, 0.05) is 10.2 Å². The van der Waals surface area contributed by atoms with Crippen LogP contribution in [0, 0.1) is 0 Å². The normalized spacial score (nSPS) is 10.1. The Balaban J connectivity index is 2.30. The fourth-order valence-electron chi connectivity index (χ4n) is 1.71. The number of benzene rings is 2. The van der Waals surface area contributed by atoms with Gasteiger partial charge in [-0.05, 0) is 30.3 Å². The third kappa shape index (κ3) is 2.97. The summed E-state index contributed by atoms with van der Waals surface area (Å²) in [6, 6.07) is 11.0. The van der Waals surface area contributed by atoms with Crippen molar-refractivity contribution in [3.05, 3.63) is 58.1 Å². The Hall–Kier alpha value is -2.34. The molecule has 0 aliphatic heterocycles. The quantitative estimate of drug-likeness (QED) is 0.752. The fraction of sp³-hybridized carbons (Fsp3) is 0. The molecule has 102 valence electrons. The number of nitrogens with one attached hydrogen (secondary N) is 1. The highest BCUT2D eigenvalue weighted by molar-refractivity contribution is 9.10. The maximum atomic E-state index is 12.1. The van der Waals surface area contributed by atoms with Crippen LogP contribution in [0.2, 0.25) is 0 Å². The highest BCUT2D eigenvalue weighted by Crippen LogP contribution is 2.21. The number of hydrogen-bond donors (Lipinski definition) is 3. The molecule has 0 aliphatic carbocycles. The van der Waals surface area contributed by atoms with Crippen molar-refractivity contribution >= 4 is 39.2 Å². The number of anilines is 2. The monoisotopic (exact) mass is 334 g/mol. The predicted octanol–water partition coefficient (Wildman–Crippen LogP) is 2.98. The van der Waals surface area contributed by atoms with Gasteiger partial charge in [0.1, 0.15) is 0 Å². The van der Waals surface area contributed by atoms with Crippen LogP contribution >= 0.6 is 15.9 Å². The Bertz CT molecular complexity index is 686. The van der Waals surface area contributed by atoms with Gasteiger partial charge < -0.3 is 16.2 Å². The molecule has 0 aliphatic rings. The van der Waals surface area contributed by atoms with Gasteiger partial charge in [0.05, 0.1) is 16.8 Å². The minimum Gasteiger partial charge on any atom is -0.478 e. The average molecular weight is 335 g/mol. The molecule has 0 unspecified atom stereocenters. The fourth-order valence-corrected chi connectivity index (χ4v) is 2.09. The molecule has 2 aromatic rings. The summed E-state index contributed by atoms with van der Waals surface area (Å²) >= 11 is 3.25. The molecule has 20 heavy (non-hydrogen) atoms. The van der Waals surface area contributed by atoms with Crippen LogP contribution in [0.25, 0.3) is 0 Å². The van der Waals surface area contributed by atoms with E-state index >= 15 is 0 Å². The summed E-state index contributed by atoms with van der Waals surface area (Å²) in [6.07, 6.45) is 0. The zero-order valence-electron chi connectivity index (χ0n) is 10.3. The van der Waals surface area contributed by atoms with Crippen LogP contribution in [0.5, 0.6) is 0 Å². The average Bonchev–Trinajstić information content (AvgIpc) is 2.38. The van der Waals surface area contributed by atoms with Crippen molar-refractivity contribution in [2.24, 2.45) is 0 Å². The van der Waals surface area contributed by atoms with Gasteiger partial charge in [-0.15, -0.1) is 0 Å². The molecule has 0 saturated carbocycles. The lowest BCUT2D eigenvalue weighted by molar-refractivity contribution is 0.0698. The molecule has 0 spiro atoms.